The number of aryl methyl sites for hydroxylation is 1. The maximum Gasteiger partial charge on any atom is 0.110 e. The molecule has 0 saturated carbocycles. The van der Waals surface area contributed by atoms with E-state index >= 15 is 0 Å². The van der Waals surface area contributed by atoms with E-state index in [-0.39, 0.29) is 0 Å². The van der Waals surface area contributed by atoms with E-state index in [4.69, 9.17) is 0 Å². The third-order valence-electron chi connectivity index (χ3n) is 3.14. The van der Waals surface area contributed by atoms with Gasteiger partial charge < -0.3 is 9.72 Å². The van der Waals surface area contributed by atoms with Crippen molar-refractivity contribution in [3.8, 4) is 0 Å². The van der Waals surface area contributed by atoms with Crippen LogP contribution in [0.4, 0.5) is 0 Å². The number of fused-ring (bicyclic) bond motifs is 1. The van der Waals surface area contributed by atoms with E-state index in [1.807, 2.05) is 6.07 Å². The summed E-state index contributed by atoms with van der Waals surface area (Å²) in [7, 11) is 0. The van der Waals surface area contributed by atoms with Crippen molar-refractivity contribution in [2.75, 3.05) is 6.54 Å². The molecule has 3 heteroatoms. The summed E-state index contributed by atoms with van der Waals surface area (Å²) >= 11 is 0. The standard InChI is InChI=1S/C12H15N3/c1-9-14-12(10-5-4-7-13-10)11-6-2-3-8-15(9)11/h2-3,6,8,10,13H,4-5,7H2,1H3. The zero-order valence-corrected chi connectivity index (χ0v) is 8.90. The molecule has 0 aromatic carbocycles. The van der Waals surface area contributed by atoms with Gasteiger partial charge in [0.25, 0.3) is 0 Å². The second-order valence-electron chi connectivity index (χ2n) is 4.15. The van der Waals surface area contributed by atoms with Gasteiger partial charge in [-0.25, -0.2) is 4.98 Å². The molecule has 1 N–H and O–H groups in total. The summed E-state index contributed by atoms with van der Waals surface area (Å²) in [4.78, 5) is 4.67. The lowest BCUT2D eigenvalue weighted by Gasteiger charge is -2.06. The number of pyridine rings is 1. The van der Waals surface area contributed by atoms with Crippen molar-refractivity contribution in [3.63, 3.8) is 0 Å². The molecule has 1 saturated heterocycles. The summed E-state index contributed by atoms with van der Waals surface area (Å²) < 4.78 is 2.16. The molecule has 3 nitrogen and oxygen atoms in total. The van der Waals surface area contributed by atoms with E-state index in [1.54, 1.807) is 0 Å². The van der Waals surface area contributed by atoms with Gasteiger partial charge in [0.15, 0.2) is 0 Å². The monoisotopic (exact) mass is 201 g/mol. The van der Waals surface area contributed by atoms with Crippen LogP contribution < -0.4 is 5.32 Å². The molecule has 1 fully saturated rings. The fourth-order valence-corrected chi connectivity index (χ4v) is 2.39. The minimum atomic E-state index is 0.455. The summed E-state index contributed by atoms with van der Waals surface area (Å²) in [6.07, 6.45) is 4.55. The van der Waals surface area contributed by atoms with Gasteiger partial charge in [0, 0.05) is 6.20 Å². The summed E-state index contributed by atoms with van der Waals surface area (Å²) in [5.41, 5.74) is 2.46. The van der Waals surface area contributed by atoms with Crippen LogP contribution in [0.15, 0.2) is 24.4 Å². The van der Waals surface area contributed by atoms with Crippen molar-refractivity contribution >= 4 is 5.52 Å². The van der Waals surface area contributed by atoms with Crippen LogP contribution >= 0.6 is 0 Å². The maximum absolute atomic E-state index is 4.67. The first kappa shape index (κ1) is 8.92. The number of hydrogen-bond acceptors (Lipinski definition) is 2. The highest BCUT2D eigenvalue weighted by atomic mass is 15.1. The first-order valence-electron chi connectivity index (χ1n) is 5.53. The number of rotatable bonds is 1. The predicted molar refractivity (Wildman–Crippen MR) is 59.9 cm³/mol. The van der Waals surface area contributed by atoms with E-state index in [9.17, 15) is 0 Å². The van der Waals surface area contributed by atoms with Gasteiger partial charge in [-0.15, -0.1) is 0 Å². The molecule has 78 valence electrons. The van der Waals surface area contributed by atoms with Crippen LogP contribution in [0, 0.1) is 6.92 Å². The van der Waals surface area contributed by atoms with Crippen LogP contribution in [-0.4, -0.2) is 15.9 Å². The van der Waals surface area contributed by atoms with Crippen LogP contribution in [0.3, 0.4) is 0 Å². The van der Waals surface area contributed by atoms with Gasteiger partial charge >= 0.3 is 0 Å². The highest BCUT2D eigenvalue weighted by Gasteiger charge is 2.21. The van der Waals surface area contributed by atoms with Gasteiger partial charge in [0.05, 0.1) is 17.3 Å². The maximum atomic E-state index is 4.67. The van der Waals surface area contributed by atoms with Gasteiger partial charge in [-0.1, -0.05) is 6.07 Å². The zero-order chi connectivity index (χ0) is 10.3. The number of aromatic nitrogens is 2. The largest absolute Gasteiger partial charge is 0.309 e. The molecule has 3 rings (SSSR count). The van der Waals surface area contributed by atoms with E-state index in [0.717, 1.165) is 12.4 Å². The second kappa shape index (κ2) is 3.35. The fraction of sp³-hybridized carbons (Fsp3) is 0.417. The summed E-state index contributed by atoms with van der Waals surface area (Å²) in [6.45, 7) is 3.18. The normalized spacial score (nSPS) is 21.3. The molecular weight excluding hydrogens is 186 g/mol. The average Bonchev–Trinajstić information content (AvgIpc) is 2.87. The molecule has 1 atom stereocenters. The van der Waals surface area contributed by atoms with Crippen molar-refractivity contribution in [3.05, 3.63) is 35.9 Å². The Morgan fingerprint density at radius 2 is 2.40 bits per heavy atom. The van der Waals surface area contributed by atoms with Crippen molar-refractivity contribution in [2.45, 2.75) is 25.8 Å². The highest BCUT2D eigenvalue weighted by molar-refractivity contribution is 5.54. The van der Waals surface area contributed by atoms with Crippen molar-refractivity contribution in [2.24, 2.45) is 0 Å². The van der Waals surface area contributed by atoms with Crippen LogP contribution in [-0.2, 0) is 0 Å². The molecule has 0 amide bonds. The highest BCUT2D eigenvalue weighted by Crippen LogP contribution is 2.26. The number of hydrogen-bond donors (Lipinski definition) is 1. The molecule has 0 radical (unpaired) electrons. The Bertz CT molecular complexity index is 481. The van der Waals surface area contributed by atoms with Crippen LogP contribution in [0.5, 0.6) is 0 Å². The molecule has 0 aliphatic carbocycles. The first-order valence-corrected chi connectivity index (χ1v) is 5.53. The Morgan fingerprint density at radius 3 is 3.20 bits per heavy atom. The number of imidazole rings is 1. The van der Waals surface area contributed by atoms with Crippen LogP contribution in [0.25, 0.3) is 5.52 Å². The topological polar surface area (TPSA) is 29.3 Å². The Hall–Kier alpha value is -1.35. The number of nitrogens with zero attached hydrogens (tertiary/aromatic N) is 2. The summed E-state index contributed by atoms with van der Waals surface area (Å²) in [5.74, 6) is 1.08. The quantitative estimate of drug-likeness (QED) is 0.765. The molecule has 15 heavy (non-hydrogen) atoms. The lowest BCUT2D eigenvalue weighted by Crippen LogP contribution is -2.13. The minimum absolute atomic E-state index is 0.455. The Morgan fingerprint density at radius 1 is 1.47 bits per heavy atom. The van der Waals surface area contributed by atoms with Crippen molar-refractivity contribution < 1.29 is 0 Å². The van der Waals surface area contributed by atoms with Gasteiger partial charge in [-0.3, -0.25) is 0 Å². The fourth-order valence-electron chi connectivity index (χ4n) is 2.39. The third-order valence-corrected chi connectivity index (χ3v) is 3.14. The average molecular weight is 201 g/mol. The molecule has 2 aromatic heterocycles. The molecule has 1 unspecified atom stereocenters. The Balaban J connectivity index is 2.17. The third kappa shape index (κ3) is 1.35. The summed E-state index contributed by atoms with van der Waals surface area (Å²) in [6, 6.07) is 6.73. The van der Waals surface area contributed by atoms with E-state index < -0.39 is 0 Å². The lowest BCUT2D eigenvalue weighted by molar-refractivity contribution is 0.635. The van der Waals surface area contributed by atoms with E-state index in [2.05, 4.69) is 40.0 Å². The van der Waals surface area contributed by atoms with Gasteiger partial charge in [0.1, 0.15) is 5.82 Å². The SMILES string of the molecule is Cc1nc(C2CCCN2)c2ccccn12. The predicted octanol–water partition coefficient (Wildman–Crippen LogP) is 2.07. The van der Waals surface area contributed by atoms with Gasteiger partial charge in [-0.2, -0.15) is 0 Å². The van der Waals surface area contributed by atoms with Crippen LogP contribution in [0.2, 0.25) is 0 Å². The molecule has 0 spiro atoms. The van der Waals surface area contributed by atoms with E-state index in [0.29, 0.717) is 6.04 Å². The minimum Gasteiger partial charge on any atom is -0.309 e. The molecule has 0 bridgehead atoms. The Labute approximate surface area is 89.1 Å². The summed E-state index contributed by atoms with van der Waals surface area (Å²) in [5, 5.41) is 3.50. The number of nitrogens with one attached hydrogen (secondary N) is 1. The Kier molecular flexibility index (Phi) is 1.99. The first-order chi connectivity index (χ1) is 7.36. The van der Waals surface area contributed by atoms with Crippen LogP contribution in [0.1, 0.15) is 30.4 Å². The smallest absolute Gasteiger partial charge is 0.110 e. The lowest BCUT2D eigenvalue weighted by atomic mass is 10.1. The van der Waals surface area contributed by atoms with Crippen molar-refractivity contribution in [1.29, 1.82) is 0 Å². The van der Waals surface area contributed by atoms with Gasteiger partial charge in [0.2, 0.25) is 0 Å². The second-order valence-corrected chi connectivity index (χ2v) is 4.15. The molecule has 3 heterocycles. The molecule has 1 aliphatic rings. The molecular formula is C12H15N3. The van der Waals surface area contributed by atoms with Gasteiger partial charge in [-0.05, 0) is 38.4 Å². The van der Waals surface area contributed by atoms with Crippen molar-refractivity contribution in [1.82, 2.24) is 14.7 Å². The molecule has 2 aromatic rings. The van der Waals surface area contributed by atoms with E-state index in [1.165, 1.54) is 24.1 Å². The zero-order valence-electron chi connectivity index (χ0n) is 8.90. The molecule has 1 aliphatic heterocycles.